The molecule has 0 saturated heterocycles. The molecule has 2 amide bonds. The van der Waals surface area contributed by atoms with E-state index in [2.05, 4.69) is 5.32 Å². The van der Waals surface area contributed by atoms with E-state index < -0.39 is 28.5 Å². The second-order valence-corrected chi connectivity index (χ2v) is 12.3. The second kappa shape index (κ2) is 14.2. The van der Waals surface area contributed by atoms with Gasteiger partial charge in [0.2, 0.25) is 11.8 Å². The van der Waals surface area contributed by atoms with Crippen LogP contribution in [-0.2, 0) is 26.2 Å². The number of nitrogens with one attached hydrogen (secondary N) is 1. The maximum absolute atomic E-state index is 14.2. The van der Waals surface area contributed by atoms with Crippen LogP contribution in [-0.4, -0.2) is 58.0 Å². The number of sulfonamides is 1. The number of ether oxygens (including phenoxy) is 2. The first-order valence-electron chi connectivity index (χ1n) is 14.2. The topological polar surface area (TPSA) is 105 Å². The fourth-order valence-corrected chi connectivity index (χ4v) is 6.59. The number of benzene rings is 3. The largest absolute Gasteiger partial charge is 0.497 e. The normalized spacial score (nSPS) is 14.5. The molecule has 10 heteroatoms. The molecule has 0 radical (unpaired) electrons. The van der Waals surface area contributed by atoms with Crippen LogP contribution in [0.25, 0.3) is 0 Å². The van der Waals surface area contributed by atoms with Crippen molar-refractivity contribution in [3.8, 4) is 11.5 Å². The zero-order chi connectivity index (χ0) is 30.1. The quantitative estimate of drug-likeness (QED) is 0.325. The van der Waals surface area contributed by atoms with E-state index >= 15 is 0 Å². The number of rotatable bonds is 12. The molecule has 1 fully saturated rings. The summed E-state index contributed by atoms with van der Waals surface area (Å²) in [7, 11) is -1.33. The predicted molar refractivity (Wildman–Crippen MR) is 162 cm³/mol. The van der Waals surface area contributed by atoms with Gasteiger partial charge in [0.25, 0.3) is 10.0 Å². The highest BCUT2D eigenvalue weighted by Gasteiger charge is 2.34. The lowest BCUT2D eigenvalue weighted by molar-refractivity contribution is -0.139. The standard InChI is InChI=1S/C32H39N3O6S/c1-24(32(37)33-26-15-9-5-10-16-26)34(22-25-13-7-4-8-14-25)31(36)23-35(42(38,39)28-17-11-6-12-18-28)29-21-27(40-2)19-20-30(29)41-3/h4,6-8,11-14,17-21,24,26H,5,9-10,15-16,22-23H2,1-3H3,(H,33,37)/t24-/m1/s1. The molecule has 1 saturated carbocycles. The van der Waals surface area contributed by atoms with Crippen LogP contribution in [0.2, 0.25) is 0 Å². The van der Waals surface area contributed by atoms with Gasteiger partial charge in [-0.25, -0.2) is 8.42 Å². The predicted octanol–water partition coefficient (Wildman–Crippen LogP) is 4.77. The molecule has 1 N–H and O–H groups in total. The summed E-state index contributed by atoms with van der Waals surface area (Å²) in [4.78, 5) is 29.1. The summed E-state index contributed by atoms with van der Waals surface area (Å²) in [6.45, 7) is 1.25. The zero-order valence-electron chi connectivity index (χ0n) is 24.4. The molecule has 9 nitrogen and oxygen atoms in total. The van der Waals surface area contributed by atoms with E-state index in [0.717, 1.165) is 42.0 Å². The van der Waals surface area contributed by atoms with Crippen LogP contribution in [0.3, 0.4) is 0 Å². The Morgan fingerprint density at radius 3 is 2.17 bits per heavy atom. The molecule has 0 unspecified atom stereocenters. The Kier molecular flexibility index (Phi) is 10.5. The maximum Gasteiger partial charge on any atom is 0.264 e. The minimum Gasteiger partial charge on any atom is -0.497 e. The Balaban J connectivity index is 1.72. The third-order valence-electron chi connectivity index (χ3n) is 7.58. The maximum atomic E-state index is 14.2. The van der Waals surface area contributed by atoms with Gasteiger partial charge in [-0.15, -0.1) is 0 Å². The van der Waals surface area contributed by atoms with E-state index in [1.807, 2.05) is 30.3 Å². The van der Waals surface area contributed by atoms with Crippen LogP contribution in [0.1, 0.15) is 44.6 Å². The third kappa shape index (κ3) is 7.42. The summed E-state index contributed by atoms with van der Waals surface area (Å²) in [6, 6.07) is 21.2. The molecule has 0 heterocycles. The molecule has 3 aromatic rings. The fourth-order valence-electron chi connectivity index (χ4n) is 5.16. The summed E-state index contributed by atoms with van der Waals surface area (Å²) in [5, 5.41) is 3.11. The van der Waals surface area contributed by atoms with Crippen molar-refractivity contribution in [1.82, 2.24) is 10.2 Å². The number of hydrogen-bond acceptors (Lipinski definition) is 6. The van der Waals surface area contributed by atoms with E-state index in [4.69, 9.17) is 9.47 Å². The molecule has 0 spiro atoms. The van der Waals surface area contributed by atoms with Gasteiger partial charge in [-0.1, -0.05) is 67.8 Å². The van der Waals surface area contributed by atoms with Crippen LogP contribution < -0.4 is 19.1 Å². The number of nitrogens with zero attached hydrogens (tertiary/aromatic N) is 2. The molecular formula is C32H39N3O6S. The van der Waals surface area contributed by atoms with E-state index in [-0.39, 0.29) is 34.8 Å². The average molecular weight is 594 g/mol. The number of amides is 2. The highest BCUT2D eigenvalue weighted by atomic mass is 32.2. The summed E-state index contributed by atoms with van der Waals surface area (Å²) >= 11 is 0. The van der Waals surface area contributed by atoms with Gasteiger partial charge in [-0.3, -0.25) is 13.9 Å². The van der Waals surface area contributed by atoms with Gasteiger partial charge in [0, 0.05) is 18.7 Å². The Morgan fingerprint density at radius 1 is 0.905 bits per heavy atom. The molecule has 42 heavy (non-hydrogen) atoms. The van der Waals surface area contributed by atoms with Crippen LogP contribution in [0.4, 0.5) is 5.69 Å². The van der Waals surface area contributed by atoms with Crippen LogP contribution in [0.5, 0.6) is 11.5 Å². The van der Waals surface area contributed by atoms with Gasteiger partial charge in [0.05, 0.1) is 24.8 Å². The second-order valence-electron chi connectivity index (χ2n) is 10.4. The minimum atomic E-state index is -4.23. The Labute approximate surface area is 248 Å². The van der Waals surface area contributed by atoms with Crippen LogP contribution >= 0.6 is 0 Å². The minimum absolute atomic E-state index is 0.0142. The molecule has 0 bridgehead atoms. The average Bonchev–Trinajstić information content (AvgIpc) is 3.03. The summed E-state index contributed by atoms with van der Waals surface area (Å²) in [5.41, 5.74) is 0.965. The SMILES string of the molecule is COc1ccc(OC)c(N(CC(=O)N(Cc2ccccc2)[C@H](C)C(=O)NC2CCCCC2)S(=O)(=O)c2ccccc2)c1. The molecule has 1 atom stereocenters. The lowest BCUT2D eigenvalue weighted by Crippen LogP contribution is -2.53. The van der Waals surface area contributed by atoms with Gasteiger partial charge in [0.1, 0.15) is 24.1 Å². The van der Waals surface area contributed by atoms with E-state index in [0.29, 0.717) is 5.75 Å². The smallest absolute Gasteiger partial charge is 0.264 e. The molecular weight excluding hydrogens is 554 g/mol. The van der Waals surface area contributed by atoms with Crippen molar-refractivity contribution in [1.29, 1.82) is 0 Å². The van der Waals surface area contributed by atoms with Crippen molar-refractivity contribution in [2.24, 2.45) is 0 Å². The number of methoxy groups -OCH3 is 2. The third-order valence-corrected chi connectivity index (χ3v) is 9.35. The number of carbonyl (C=O) groups excluding carboxylic acids is 2. The lowest BCUT2D eigenvalue weighted by atomic mass is 9.95. The van der Waals surface area contributed by atoms with Crippen molar-refractivity contribution in [3.05, 3.63) is 84.4 Å². The number of anilines is 1. The van der Waals surface area contributed by atoms with Gasteiger partial charge in [-0.05, 0) is 49.6 Å². The van der Waals surface area contributed by atoms with Crippen molar-refractivity contribution in [2.75, 3.05) is 25.1 Å². The van der Waals surface area contributed by atoms with Crippen molar-refractivity contribution >= 4 is 27.5 Å². The van der Waals surface area contributed by atoms with E-state index in [9.17, 15) is 18.0 Å². The van der Waals surface area contributed by atoms with Gasteiger partial charge < -0.3 is 19.7 Å². The Hall–Kier alpha value is -4.05. The van der Waals surface area contributed by atoms with Crippen LogP contribution in [0.15, 0.2) is 83.8 Å². The molecule has 0 aromatic heterocycles. The summed E-state index contributed by atoms with van der Waals surface area (Å²) in [6.07, 6.45) is 5.08. The van der Waals surface area contributed by atoms with Crippen molar-refractivity contribution in [2.45, 2.75) is 62.6 Å². The molecule has 224 valence electrons. The first-order chi connectivity index (χ1) is 20.2. The first-order valence-corrected chi connectivity index (χ1v) is 15.6. The molecule has 0 aliphatic heterocycles. The van der Waals surface area contributed by atoms with Crippen molar-refractivity contribution in [3.63, 3.8) is 0 Å². The first kappa shape index (κ1) is 30.9. The Bertz CT molecular complexity index is 1440. The van der Waals surface area contributed by atoms with Gasteiger partial charge in [0.15, 0.2) is 0 Å². The molecule has 3 aromatic carbocycles. The number of hydrogen-bond donors (Lipinski definition) is 1. The van der Waals surface area contributed by atoms with Crippen LogP contribution in [0, 0.1) is 0 Å². The highest BCUT2D eigenvalue weighted by molar-refractivity contribution is 7.92. The highest BCUT2D eigenvalue weighted by Crippen LogP contribution is 2.36. The lowest BCUT2D eigenvalue weighted by Gasteiger charge is -2.33. The van der Waals surface area contributed by atoms with Gasteiger partial charge >= 0.3 is 0 Å². The molecule has 1 aliphatic rings. The van der Waals surface area contributed by atoms with E-state index in [1.54, 1.807) is 37.3 Å². The number of carbonyl (C=O) groups is 2. The fraction of sp³-hybridized carbons (Fsp3) is 0.375. The molecule has 1 aliphatic carbocycles. The van der Waals surface area contributed by atoms with Gasteiger partial charge in [-0.2, -0.15) is 0 Å². The summed E-state index contributed by atoms with van der Waals surface area (Å²) < 4.78 is 40.0. The zero-order valence-corrected chi connectivity index (χ0v) is 25.2. The van der Waals surface area contributed by atoms with Crippen molar-refractivity contribution < 1.29 is 27.5 Å². The van der Waals surface area contributed by atoms with E-state index in [1.165, 1.54) is 37.3 Å². The Morgan fingerprint density at radius 2 is 1.55 bits per heavy atom. The monoisotopic (exact) mass is 593 g/mol. The molecule has 4 rings (SSSR count). The summed E-state index contributed by atoms with van der Waals surface area (Å²) in [5.74, 6) is -0.147.